The van der Waals surface area contributed by atoms with E-state index in [1.54, 1.807) is 4.98 Å². The number of phosphoric ester groups is 1. The Morgan fingerprint density at radius 2 is 2.04 bits per heavy atom. The van der Waals surface area contributed by atoms with Gasteiger partial charge in [0.2, 0.25) is 0 Å². The number of aliphatic hydroxyl groups is 2. The number of terminal acetylenes is 1. The first-order valence-electron chi connectivity index (χ1n) is 7.37. The van der Waals surface area contributed by atoms with Crippen molar-refractivity contribution in [1.82, 2.24) is 9.55 Å². The molecule has 0 radical (unpaired) electrons. The minimum Gasteiger partial charge on any atom is -0.385 e. The van der Waals surface area contributed by atoms with Crippen LogP contribution in [-0.2, 0) is 22.7 Å². The molecule has 0 spiro atoms. The zero-order valence-corrected chi connectivity index (χ0v) is 15.1. The van der Waals surface area contributed by atoms with Crippen molar-refractivity contribution in [2.45, 2.75) is 24.3 Å². The minimum absolute atomic E-state index is 0.142. The topological polar surface area (TPSA) is 218 Å². The van der Waals surface area contributed by atoms with Gasteiger partial charge in [0.25, 0.3) is 11.4 Å². The first-order chi connectivity index (χ1) is 13.0. The second kappa shape index (κ2) is 7.62. The van der Waals surface area contributed by atoms with Crippen molar-refractivity contribution in [3.63, 3.8) is 0 Å². The molecule has 156 valence electrons. The molecule has 6 N–H and O–H groups in total. The van der Waals surface area contributed by atoms with Crippen LogP contribution in [0.15, 0.2) is 15.8 Å². The Bertz CT molecular complexity index is 1060. The molecular formula is C11H13FN2O12P2. The van der Waals surface area contributed by atoms with Gasteiger partial charge in [0.05, 0.1) is 1.37 Å². The van der Waals surface area contributed by atoms with E-state index in [1.807, 2.05) is 5.92 Å². The Kier molecular flexibility index (Phi) is 5.72. The van der Waals surface area contributed by atoms with Crippen molar-refractivity contribution in [3.8, 4) is 12.3 Å². The third kappa shape index (κ3) is 4.83. The molecule has 0 saturated carbocycles. The highest BCUT2D eigenvalue weighted by Gasteiger charge is 2.57. The lowest BCUT2D eigenvalue weighted by atomic mass is 10.1. The van der Waals surface area contributed by atoms with E-state index in [4.69, 9.17) is 22.5 Å². The highest BCUT2D eigenvalue weighted by Crippen LogP contribution is 2.58. The van der Waals surface area contributed by atoms with Gasteiger partial charge >= 0.3 is 21.3 Å². The smallest absolute Gasteiger partial charge is 0.385 e. The van der Waals surface area contributed by atoms with Crippen LogP contribution in [0.2, 0.25) is 0 Å². The maximum atomic E-state index is 14.9. The fourth-order valence-electron chi connectivity index (χ4n) is 2.04. The van der Waals surface area contributed by atoms with E-state index in [2.05, 4.69) is 13.6 Å². The molecule has 1 saturated heterocycles. The van der Waals surface area contributed by atoms with E-state index < -0.39 is 63.3 Å². The van der Waals surface area contributed by atoms with E-state index in [0.717, 1.165) is 0 Å². The monoisotopic (exact) mass is 447 g/mol. The number of H-pyrrole nitrogens is 1. The number of ether oxygens (including phenoxy) is 1. The number of alkyl halides is 1. The van der Waals surface area contributed by atoms with Gasteiger partial charge in [-0.2, -0.15) is 4.31 Å². The molecular weight excluding hydrogens is 433 g/mol. The molecule has 0 bridgehead atoms. The maximum absolute atomic E-state index is 14.9. The predicted octanol–water partition coefficient (Wildman–Crippen LogP) is -2.34. The molecule has 0 aromatic carbocycles. The number of aromatic nitrogens is 2. The highest BCUT2D eigenvalue weighted by atomic mass is 31.3. The normalized spacial score (nSPS) is 33.1. The van der Waals surface area contributed by atoms with Gasteiger partial charge < -0.3 is 29.6 Å². The average molecular weight is 447 g/mol. The van der Waals surface area contributed by atoms with Crippen LogP contribution in [0, 0.1) is 12.3 Å². The molecule has 28 heavy (non-hydrogen) atoms. The lowest BCUT2D eigenvalue weighted by molar-refractivity contribution is -0.205. The SMILES string of the molecule is [2H][C@@]1(n2cc(C#C)c(=O)[nH]c2=O)O[C@](F)(COP(=O)(O)OP(=O)(O)O)[C@@H](O)[C@H]1O. The summed E-state index contributed by atoms with van der Waals surface area (Å²) in [6, 6.07) is 0. The van der Waals surface area contributed by atoms with Crippen LogP contribution in [0.1, 0.15) is 13.1 Å². The molecule has 0 amide bonds. The van der Waals surface area contributed by atoms with E-state index >= 15 is 0 Å². The van der Waals surface area contributed by atoms with Crippen molar-refractivity contribution in [2.75, 3.05) is 6.61 Å². The van der Waals surface area contributed by atoms with Gasteiger partial charge in [0.1, 0.15) is 24.4 Å². The molecule has 1 aromatic rings. The summed E-state index contributed by atoms with van der Waals surface area (Å²) < 4.78 is 57.1. The van der Waals surface area contributed by atoms with Crippen LogP contribution in [0.25, 0.3) is 0 Å². The summed E-state index contributed by atoms with van der Waals surface area (Å²) in [6.45, 7) is -1.78. The van der Waals surface area contributed by atoms with Crippen LogP contribution in [0.3, 0.4) is 0 Å². The first kappa shape index (κ1) is 21.0. The number of nitrogens with one attached hydrogen (secondary N) is 1. The number of nitrogens with zero attached hydrogens (tertiary/aromatic N) is 1. The Balaban J connectivity index is 2.38. The lowest BCUT2D eigenvalue weighted by Crippen LogP contribution is -2.43. The van der Waals surface area contributed by atoms with Gasteiger partial charge in [0.15, 0.2) is 6.20 Å². The summed E-state index contributed by atoms with van der Waals surface area (Å²) in [5.41, 5.74) is -2.96. The third-order valence-electron chi connectivity index (χ3n) is 3.24. The van der Waals surface area contributed by atoms with E-state index in [0.29, 0.717) is 6.20 Å². The zero-order valence-electron chi connectivity index (χ0n) is 14.3. The van der Waals surface area contributed by atoms with Crippen LogP contribution in [-0.4, -0.2) is 59.1 Å². The number of hydrogen-bond acceptors (Lipinski definition) is 9. The average Bonchev–Trinajstić information content (AvgIpc) is 2.73. The number of aromatic amines is 1. The van der Waals surface area contributed by atoms with E-state index in [9.17, 15) is 33.3 Å². The van der Waals surface area contributed by atoms with Crippen LogP contribution in [0.4, 0.5) is 4.39 Å². The molecule has 1 aliphatic heterocycles. The standard InChI is InChI=1S/C11H13FN2O12P2/c1-2-5-3-14(10(18)13-8(5)17)9-6(15)7(16)11(12,25-9)4-24-28(22,23)26-27(19,20)21/h1,3,6-7,9,15-16H,4H2,(H,22,23)(H,13,17,18)(H2,19,20,21)/t6-,7+,9-,11-/m1/s1/i9D. The maximum Gasteiger partial charge on any atom is 0.481 e. The number of halogens is 1. The lowest BCUT2D eigenvalue weighted by Gasteiger charge is -2.23. The number of phosphoric acid groups is 2. The largest absolute Gasteiger partial charge is 0.481 e. The van der Waals surface area contributed by atoms with Gasteiger partial charge in [-0.3, -0.25) is 18.9 Å². The molecule has 1 aliphatic rings. The second-order valence-electron chi connectivity index (χ2n) is 5.25. The summed E-state index contributed by atoms with van der Waals surface area (Å²) in [4.78, 5) is 51.2. The molecule has 14 nitrogen and oxygen atoms in total. The Morgan fingerprint density at radius 3 is 2.57 bits per heavy atom. The van der Waals surface area contributed by atoms with Crippen molar-refractivity contribution < 1.29 is 53.4 Å². The van der Waals surface area contributed by atoms with Gasteiger partial charge in [-0.15, -0.1) is 6.42 Å². The van der Waals surface area contributed by atoms with Gasteiger partial charge in [-0.05, 0) is 0 Å². The van der Waals surface area contributed by atoms with Gasteiger partial charge in [-0.25, -0.2) is 18.3 Å². The van der Waals surface area contributed by atoms with Crippen molar-refractivity contribution in [2.24, 2.45) is 0 Å². The summed E-state index contributed by atoms with van der Waals surface area (Å²) in [6.07, 6.45) is -2.76. The number of hydrogen-bond donors (Lipinski definition) is 6. The zero-order chi connectivity index (χ0) is 22.4. The minimum atomic E-state index is -5.58. The molecule has 5 atom stereocenters. The van der Waals surface area contributed by atoms with Gasteiger partial charge in [-0.1, -0.05) is 5.92 Å². The third-order valence-corrected chi connectivity index (χ3v) is 5.37. The molecule has 17 heteroatoms. The van der Waals surface area contributed by atoms with Crippen LogP contribution >= 0.6 is 15.6 Å². The summed E-state index contributed by atoms with van der Waals surface area (Å²) in [5, 5.41) is 19.9. The molecule has 2 rings (SSSR count). The number of aliphatic hydroxyl groups excluding tert-OH is 2. The predicted molar refractivity (Wildman–Crippen MR) is 84.1 cm³/mol. The van der Waals surface area contributed by atoms with E-state index in [-0.39, 0.29) is 4.57 Å². The van der Waals surface area contributed by atoms with Gasteiger partial charge in [0, 0.05) is 6.20 Å². The highest BCUT2D eigenvalue weighted by molar-refractivity contribution is 7.60. The molecule has 1 fully saturated rings. The fraction of sp³-hybridized carbons (Fsp3) is 0.455. The van der Waals surface area contributed by atoms with Crippen molar-refractivity contribution in [1.29, 1.82) is 0 Å². The summed E-state index contributed by atoms with van der Waals surface area (Å²) in [7, 11) is -11.1. The Labute approximate surface area is 155 Å². The van der Waals surface area contributed by atoms with Crippen LogP contribution < -0.4 is 11.2 Å². The summed E-state index contributed by atoms with van der Waals surface area (Å²) in [5.74, 6) is -1.80. The fourth-order valence-corrected chi connectivity index (χ4v) is 3.64. The van der Waals surface area contributed by atoms with Crippen LogP contribution in [0.5, 0.6) is 0 Å². The molecule has 2 heterocycles. The van der Waals surface area contributed by atoms with Crippen molar-refractivity contribution in [3.05, 3.63) is 32.6 Å². The van der Waals surface area contributed by atoms with Crippen molar-refractivity contribution >= 4 is 15.6 Å². The first-order valence-corrected chi connectivity index (χ1v) is 9.90. The molecule has 1 unspecified atom stereocenters. The molecule has 1 aromatic heterocycles. The molecule has 0 aliphatic carbocycles. The Morgan fingerprint density at radius 1 is 1.43 bits per heavy atom. The summed E-state index contributed by atoms with van der Waals surface area (Å²) >= 11 is 0. The number of rotatable bonds is 6. The Hall–Kier alpha value is -1.69. The quantitative estimate of drug-likeness (QED) is 0.200. The second-order valence-corrected chi connectivity index (χ2v) is 8.08. The van der Waals surface area contributed by atoms with E-state index in [1.165, 1.54) is 0 Å².